The van der Waals surface area contributed by atoms with E-state index in [2.05, 4.69) is 28.0 Å². The summed E-state index contributed by atoms with van der Waals surface area (Å²) in [4.78, 5) is 5.42. The molecule has 2 aromatic carbocycles. The monoisotopic (exact) mass is 331 g/mol. The van der Waals surface area contributed by atoms with E-state index in [0.717, 1.165) is 21.7 Å². The number of nitrogens with zero attached hydrogens (tertiary/aromatic N) is 1. The van der Waals surface area contributed by atoms with E-state index < -0.39 is 0 Å². The maximum atomic E-state index is 5.77. The first-order chi connectivity index (χ1) is 9.74. The summed E-state index contributed by atoms with van der Waals surface area (Å²) in [5.41, 5.74) is 1.09. The third kappa shape index (κ3) is 2.70. The van der Waals surface area contributed by atoms with Gasteiger partial charge in [0.05, 0.1) is 5.92 Å². The van der Waals surface area contributed by atoms with E-state index in [-0.39, 0.29) is 12.0 Å². The van der Waals surface area contributed by atoms with E-state index in [4.69, 9.17) is 9.57 Å². The quantitative estimate of drug-likeness (QED) is 0.801. The molecule has 1 heterocycles. The Labute approximate surface area is 126 Å². The van der Waals surface area contributed by atoms with Crippen molar-refractivity contribution in [2.75, 3.05) is 0 Å². The van der Waals surface area contributed by atoms with Gasteiger partial charge in [-0.05, 0) is 45.8 Å². The SMILES string of the molecule is CC1C(Br)=NO[C@H]1c1ccc(Oc2ccccc2)cc1. The fourth-order valence-corrected chi connectivity index (χ4v) is 2.43. The van der Waals surface area contributed by atoms with Crippen molar-refractivity contribution < 1.29 is 9.57 Å². The molecule has 1 aliphatic heterocycles. The van der Waals surface area contributed by atoms with Gasteiger partial charge < -0.3 is 9.57 Å². The second-order valence-electron chi connectivity index (χ2n) is 4.71. The number of benzene rings is 2. The average molecular weight is 332 g/mol. The van der Waals surface area contributed by atoms with Crippen molar-refractivity contribution in [3.8, 4) is 11.5 Å². The molecule has 2 atom stereocenters. The van der Waals surface area contributed by atoms with Crippen molar-refractivity contribution in [3.05, 3.63) is 60.2 Å². The standard InChI is InChI=1S/C16H14BrNO2/c1-11-15(20-18-16(11)17)12-7-9-14(10-8-12)19-13-5-3-2-4-6-13/h2-11,15H,1H3/t11?,15-/m1/s1. The normalized spacial score (nSPS) is 21.2. The summed E-state index contributed by atoms with van der Waals surface area (Å²) in [5, 5.41) is 3.97. The van der Waals surface area contributed by atoms with Crippen molar-refractivity contribution in [1.82, 2.24) is 0 Å². The lowest BCUT2D eigenvalue weighted by Gasteiger charge is -2.14. The van der Waals surface area contributed by atoms with Gasteiger partial charge in [-0.25, -0.2) is 0 Å². The first kappa shape index (κ1) is 13.2. The Morgan fingerprint density at radius 2 is 1.65 bits per heavy atom. The van der Waals surface area contributed by atoms with Crippen LogP contribution in [-0.2, 0) is 4.84 Å². The van der Waals surface area contributed by atoms with Crippen LogP contribution in [0.5, 0.6) is 11.5 Å². The van der Waals surface area contributed by atoms with Crippen LogP contribution in [-0.4, -0.2) is 4.62 Å². The molecule has 4 heteroatoms. The summed E-state index contributed by atoms with van der Waals surface area (Å²) in [5.74, 6) is 1.87. The van der Waals surface area contributed by atoms with Crippen LogP contribution in [0.3, 0.4) is 0 Å². The molecule has 102 valence electrons. The number of hydrogen-bond acceptors (Lipinski definition) is 3. The fourth-order valence-electron chi connectivity index (χ4n) is 2.11. The topological polar surface area (TPSA) is 30.8 Å². The number of para-hydroxylation sites is 1. The van der Waals surface area contributed by atoms with Crippen LogP contribution in [0.15, 0.2) is 59.8 Å². The number of halogens is 1. The lowest BCUT2D eigenvalue weighted by molar-refractivity contribution is 0.0653. The molecule has 0 spiro atoms. The third-order valence-electron chi connectivity index (χ3n) is 3.27. The van der Waals surface area contributed by atoms with E-state index >= 15 is 0 Å². The van der Waals surface area contributed by atoms with Gasteiger partial charge >= 0.3 is 0 Å². The molecule has 20 heavy (non-hydrogen) atoms. The van der Waals surface area contributed by atoms with E-state index in [1.807, 2.05) is 54.6 Å². The first-order valence-corrected chi connectivity index (χ1v) is 7.25. The molecule has 0 aliphatic carbocycles. The first-order valence-electron chi connectivity index (χ1n) is 6.46. The highest BCUT2D eigenvalue weighted by molar-refractivity contribution is 9.18. The van der Waals surface area contributed by atoms with Gasteiger partial charge in [0.2, 0.25) is 0 Å². The summed E-state index contributed by atoms with van der Waals surface area (Å²) in [6.07, 6.45) is -0.0323. The van der Waals surface area contributed by atoms with Gasteiger partial charge in [-0.1, -0.05) is 42.4 Å². The summed E-state index contributed by atoms with van der Waals surface area (Å²) < 4.78 is 6.62. The Morgan fingerprint density at radius 3 is 2.25 bits per heavy atom. The highest BCUT2D eigenvalue weighted by Gasteiger charge is 2.30. The lowest BCUT2D eigenvalue weighted by atomic mass is 9.99. The highest BCUT2D eigenvalue weighted by Crippen LogP contribution is 2.35. The molecule has 0 bridgehead atoms. The highest BCUT2D eigenvalue weighted by atomic mass is 79.9. The molecule has 0 N–H and O–H groups in total. The predicted molar refractivity (Wildman–Crippen MR) is 82.3 cm³/mol. The summed E-state index contributed by atoms with van der Waals surface area (Å²) in [7, 11) is 0. The van der Waals surface area contributed by atoms with Gasteiger partial charge in [0.15, 0.2) is 6.10 Å². The van der Waals surface area contributed by atoms with Gasteiger partial charge in [0, 0.05) is 0 Å². The molecule has 1 unspecified atom stereocenters. The molecular weight excluding hydrogens is 318 g/mol. The Hall–Kier alpha value is -1.81. The average Bonchev–Trinajstić information content (AvgIpc) is 2.81. The lowest BCUT2D eigenvalue weighted by Crippen LogP contribution is -2.09. The molecule has 0 aromatic heterocycles. The van der Waals surface area contributed by atoms with Crippen molar-refractivity contribution in [1.29, 1.82) is 0 Å². The smallest absolute Gasteiger partial charge is 0.161 e. The van der Waals surface area contributed by atoms with Crippen molar-refractivity contribution in [3.63, 3.8) is 0 Å². The van der Waals surface area contributed by atoms with Crippen LogP contribution < -0.4 is 4.74 Å². The minimum Gasteiger partial charge on any atom is -0.457 e. The molecule has 3 rings (SSSR count). The molecule has 0 amide bonds. The molecule has 0 saturated heterocycles. The third-order valence-corrected chi connectivity index (χ3v) is 4.14. The van der Waals surface area contributed by atoms with Gasteiger partial charge in [-0.3, -0.25) is 0 Å². The minimum atomic E-state index is -0.0323. The molecule has 1 aliphatic rings. The van der Waals surface area contributed by atoms with E-state index in [0.29, 0.717) is 0 Å². The summed E-state index contributed by atoms with van der Waals surface area (Å²) in [6.45, 7) is 2.08. The van der Waals surface area contributed by atoms with E-state index in [9.17, 15) is 0 Å². The Morgan fingerprint density at radius 1 is 1.00 bits per heavy atom. The molecule has 0 saturated carbocycles. The zero-order chi connectivity index (χ0) is 13.9. The van der Waals surface area contributed by atoms with Gasteiger partial charge in [0.25, 0.3) is 0 Å². The van der Waals surface area contributed by atoms with Gasteiger partial charge in [0.1, 0.15) is 16.1 Å². The van der Waals surface area contributed by atoms with E-state index in [1.165, 1.54) is 0 Å². The zero-order valence-electron chi connectivity index (χ0n) is 11.0. The van der Waals surface area contributed by atoms with Crippen molar-refractivity contribution in [2.24, 2.45) is 11.1 Å². The Balaban J connectivity index is 1.72. The van der Waals surface area contributed by atoms with Gasteiger partial charge in [-0.2, -0.15) is 0 Å². The second kappa shape index (κ2) is 5.67. The van der Waals surface area contributed by atoms with Gasteiger partial charge in [-0.15, -0.1) is 0 Å². The van der Waals surface area contributed by atoms with E-state index in [1.54, 1.807) is 0 Å². The Bertz CT molecular complexity index is 610. The molecule has 0 fully saturated rings. The molecule has 0 radical (unpaired) electrons. The molecule has 2 aromatic rings. The van der Waals surface area contributed by atoms with Crippen molar-refractivity contribution >= 4 is 20.6 Å². The fraction of sp³-hybridized carbons (Fsp3) is 0.188. The Kier molecular flexibility index (Phi) is 3.74. The van der Waals surface area contributed by atoms with Crippen LogP contribution in [0.1, 0.15) is 18.6 Å². The van der Waals surface area contributed by atoms with Crippen LogP contribution in [0, 0.1) is 5.92 Å². The molecular formula is C16H14BrNO2. The minimum absolute atomic E-state index is 0.0323. The summed E-state index contributed by atoms with van der Waals surface area (Å²) >= 11 is 3.40. The predicted octanol–water partition coefficient (Wildman–Crippen LogP) is 4.89. The second-order valence-corrected chi connectivity index (χ2v) is 5.53. The molecule has 3 nitrogen and oxygen atoms in total. The number of rotatable bonds is 3. The maximum Gasteiger partial charge on any atom is 0.161 e. The van der Waals surface area contributed by atoms with Crippen molar-refractivity contribution in [2.45, 2.75) is 13.0 Å². The van der Waals surface area contributed by atoms with Crippen LogP contribution in [0.25, 0.3) is 0 Å². The largest absolute Gasteiger partial charge is 0.457 e. The maximum absolute atomic E-state index is 5.77. The van der Waals surface area contributed by atoms with Crippen LogP contribution >= 0.6 is 15.9 Å². The number of oxime groups is 1. The van der Waals surface area contributed by atoms with Crippen LogP contribution in [0.2, 0.25) is 0 Å². The summed E-state index contributed by atoms with van der Waals surface area (Å²) in [6, 6.07) is 17.7. The number of hydrogen-bond donors (Lipinski definition) is 0. The number of ether oxygens (including phenoxy) is 1. The van der Waals surface area contributed by atoms with Crippen LogP contribution in [0.4, 0.5) is 0 Å². The zero-order valence-corrected chi connectivity index (χ0v) is 12.6.